The molecule has 0 saturated carbocycles. The van der Waals surface area contributed by atoms with Gasteiger partial charge in [-0.05, 0) is 75.2 Å². The molecule has 0 spiro atoms. The van der Waals surface area contributed by atoms with E-state index < -0.39 is 16.1 Å². The van der Waals surface area contributed by atoms with Crippen LogP contribution in [0.4, 0.5) is 0 Å². The summed E-state index contributed by atoms with van der Waals surface area (Å²) in [4.78, 5) is 0. The Kier molecular flexibility index (Phi) is 10.8. The second kappa shape index (κ2) is 16.7. The number of rotatable bonds is 11. The molecular weight excluding hydrogens is 741 g/mol. The molecule has 0 aliphatic rings. The van der Waals surface area contributed by atoms with Crippen LogP contribution in [0, 0.1) is 0 Å². The summed E-state index contributed by atoms with van der Waals surface area (Å²) in [6.07, 6.45) is 0. The molecule has 0 aliphatic carbocycles. The number of hydrogen-bond donors (Lipinski definition) is 0. The molecule has 0 saturated heterocycles. The molecule has 9 aromatic rings. The Labute approximate surface area is 352 Å². The summed E-state index contributed by atoms with van der Waals surface area (Å²) < 4.78 is 0. The Bertz CT molecular complexity index is 2380. The van der Waals surface area contributed by atoms with E-state index in [-0.39, 0.29) is 5.92 Å². The van der Waals surface area contributed by atoms with Crippen LogP contribution in [0.1, 0.15) is 25.3 Å². The van der Waals surface area contributed by atoms with E-state index in [0.29, 0.717) is 0 Å². The first-order valence-electron chi connectivity index (χ1n) is 20.8. The van der Waals surface area contributed by atoms with Gasteiger partial charge in [0.25, 0.3) is 0 Å². The van der Waals surface area contributed by atoms with Gasteiger partial charge in [0.1, 0.15) is 0 Å². The van der Waals surface area contributed by atoms with Crippen LogP contribution in [0.25, 0.3) is 22.3 Å². The predicted molar refractivity (Wildman–Crippen MR) is 259 cm³/mol. The normalized spacial score (nSPS) is 11.7. The van der Waals surface area contributed by atoms with E-state index in [1.165, 1.54) is 69.3 Å². The van der Waals surface area contributed by atoms with Crippen molar-refractivity contribution >= 4 is 57.6 Å². The largest absolute Gasteiger partial charge is 0.179 e. The first-order valence-corrected chi connectivity index (χ1v) is 24.8. The van der Waals surface area contributed by atoms with Crippen molar-refractivity contribution in [2.24, 2.45) is 0 Å². The molecule has 59 heavy (non-hydrogen) atoms. The molecule has 9 rings (SSSR count). The van der Waals surface area contributed by atoms with E-state index in [9.17, 15) is 0 Å². The lowest BCUT2D eigenvalue weighted by Crippen LogP contribution is -2.74. The topological polar surface area (TPSA) is 0 Å². The Morgan fingerprint density at radius 3 is 0.746 bits per heavy atom. The van der Waals surface area contributed by atoms with Crippen LogP contribution in [0.5, 0.6) is 0 Å². The highest BCUT2D eigenvalue weighted by atomic mass is 28.3. The average Bonchev–Trinajstić information content (AvgIpc) is 3.32. The van der Waals surface area contributed by atoms with Crippen molar-refractivity contribution in [1.29, 1.82) is 0 Å². The van der Waals surface area contributed by atoms with E-state index in [2.05, 4.69) is 263 Å². The molecule has 0 fully saturated rings. The molecule has 9 aromatic carbocycles. The molecule has 0 heterocycles. The molecule has 0 aliphatic heterocycles. The lowest BCUT2D eigenvalue weighted by Gasteiger charge is -2.35. The molecule has 0 amide bonds. The van der Waals surface area contributed by atoms with Crippen LogP contribution in [0.15, 0.2) is 249 Å². The van der Waals surface area contributed by atoms with Crippen LogP contribution < -0.4 is 41.5 Å². The summed E-state index contributed by atoms with van der Waals surface area (Å²) in [5, 5.41) is 11.0. The quantitative estimate of drug-likeness (QED) is 0.0908. The maximum Gasteiger partial charge on any atom is 0.179 e. The fraction of sp³-hybridized carbons (Fsp3) is 0.0526. The third-order valence-corrected chi connectivity index (χ3v) is 21.7. The van der Waals surface area contributed by atoms with E-state index in [4.69, 9.17) is 0 Å². The summed E-state index contributed by atoms with van der Waals surface area (Å²) in [5.41, 5.74) is 6.47. The third kappa shape index (κ3) is 6.85. The van der Waals surface area contributed by atoms with E-state index >= 15 is 0 Å². The van der Waals surface area contributed by atoms with Crippen molar-refractivity contribution < 1.29 is 0 Å². The van der Waals surface area contributed by atoms with Crippen molar-refractivity contribution in [2.75, 3.05) is 0 Å². The lowest BCUT2D eigenvalue weighted by atomic mass is 9.86. The molecule has 0 aromatic heterocycles. The fourth-order valence-corrected chi connectivity index (χ4v) is 19.3. The summed E-state index contributed by atoms with van der Waals surface area (Å²) in [6, 6.07) is 93.3. The third-order valence-electron chi connectivity index (χ3n) is 12.1. The second-order valence-electron chi connectivity index (χ2n) is 15.8. The van der Waals surface area contributed by atoms with Gasteiger partial charge in [0.05, 0.1) is 0 Å². The summed E-state index contributed by atoms with van der Waals surface area (Å²) in [5.74, 6) is 0.284. The minimum Gasteiger partial charge on any atom is -0.0623 e. The Morgan fingerprint density at radius 2 is 0.492 bits per heavy atom. The van der Waals surface area contributed by atoms with E-state index in [0.717, 1.165) is 0 Å². The zero-order chi connectivity index (χ0) is 40.1. The summed E-state index contributed by atoms with van der Waals surface area (Å²) in [7, 11) is -5.41. The highest BCUT2D eigenvalue weighted by molar-refractivity contribution is 7.20. The van der Waals surface area contributed by atoms with Crippen molar-refractivity contribution in [3.63, 3.8) is 0 Å². The smallest absolute Gasteiger partial charge is 0.0623 e. The zero-order valence-electron chi connectivity index (χ0n) is 33.7. The van der Waals surface area contributed by atoms with Crippen LogP contribution in [-0.4, -0.2) is 16.1 Å². The molecular formula is C57H48Si2. The van der Waals surface area contributed by atoms with Gasteiger partial charge >= 0.3 is 0 Å². The highest BCUT2D eigenvalue weighted by Gasteiger charge is 2.43. The standard InChI is InChI=1S/C57H48Si2/c1-44(2)57-55(45-24-21-38-53(42-45)58(47-26-9-3-10-27-47,48-28-11-4-12-29-48)49-30-13-5-14-31-49)40-23-41-56(57)46-25-22-39-54(43-46)59(50-32-15-6-16-33-50,51-34-17-7-18-35-51)52-36-19-8-20-37-52/h3-44H,1-2H3. The molecule has 2 heteroatoms. The molecule has 0 bridgehead atoms. The maximum absolute atomic E-state index is 2.71. The van der Waals surface area contributed by atoms with Gasteiger partial charge in [0, 0.05) is 0 Å². The number of hydrogen-bond acceptors (Lipinski definition) is 0. The maximum atomic E-state index is 2.51. The Hall–Kier alpha value is -6.59. The molecule has 0 radical (unpaired) electrons. The minimum atomic E-state index is -2.71. The van der Waals surface area contributed by atoms with Crippen LogP contribution in [-0.2, 0) is 0 Å². The van der Waals surface area contributed by atoms with Gasteiger partial charge in [0.2, 0.25) is 0 Å². The predicted octanol–water partition coefficient (Wildman–Crippen LogP) is 8.90. The van der Waals surface area contributed by atoms with Crippen LogP contribution in [0.2, 0.25) is 0 Å². The lowest BCUT2D eigenvalue weighted by molar-refractivity contribution is 0.871. The van der Waals surface area contributed by atoms with Crippen LogP contribution in [0.3, 0.4) is 0 Å². The molecule has 0 N–H and O–H groups in total. The SMILES string of the molecule is CC(C)c1c(-c2cccc([Si](c3ccccc3)(c3ccccc3)c3ccccc3)c2)cccc1-c1cccc([Si](c2ccccc2)(c2ccccc2)c2ccccc2)c1. The molecule has 0 nitrogen and oxygen atoms in total. The number of benzene rings is 9. The van der Waals surface area contributed by atoms with Gasteiger partial charge < -0.3 is 0 Å². The van der Waals surface area contributed by atoms with Crippen LogP contribution >= 0.6 is 0 Å². The average molecular weight is 789 g/mol. The second-order valence-corrected chi connectivity index (χ2v) is 23.4. The fourth-order valence-electron chi connectivity index (χ4n) is 9.66. The zero-order valence-corrected chi connectivity index (χ0v) is 35.7. The monoisotopic (exact) mass is 788 g/mol. The van der Waals surface area contributed by atoms with Gasteiger partial charge in [-0.15, -0.1) is 0 Å². The van der Waals surface area contributed by atoms with E-state index in [1.54, 1.807) is 0 Å². The summed E-state index contributed by atoms with van der Waals surface area (Å²) in [6.45, 7) is 4.70. The Morgan fingerprint density at radius 1 is 0.254 bits per heavy atom. The summed E-state index contributed by atoms with van der Waals surface area (Å²) >= 11 is 0. The minimum absolute atomic E-state index is 0.284. The highest BCUT2D eigenvalue weighted by Crippen LogP contribution is 2.37. The van der Waals surface area contributed by atoms with Crippen molar-refractivity contribution in [2.45, 2.75) is 19.8 Å². The van der Waals surface area contributed by atoms with Crippen molar-refractivity contribution in [3.8, 4) is 22.3 Å². The molecule has 284 valence electrons. The van der Waals surface area contributed by atoms with Gasteiger partial charge in [-0.25, -0.2) is 0 Å². The first-order chi connectivity index (χ1) is 29.1. The molecule has 0 unspecified atom stereocenters. The Balaban J connectivity index is 1.26. The van der Waals surface area contributed by atoms with Gasteiger partial charge in [-0.1, -0.05) is 263 Å². The van der Waals surface area contributed by atoms with E-state index in [1.807, 2.05) is 0 Å². The van der Waals surface area contributed by atoms with Crippen molar-refractivity contribution in [1.82, 2.24) is 0 Å². The first kappa shape index (κ1) is 38.0. The van der Waals surface area contributed by atoms with Gasteiger partial charge in [0.15, 0.2) is 16.1 Å². The van der Waals surface area contributed by atoms with Gasteiger partial charge in [-0.3, -0.25) is 0 Å². The van der Waals surface area contributed by atoms with Crippen molar-refractivity contribution in [3.05, 3.63) is 254 Å². The van der Waals surface area contributed by atoms with Gasteiger partial charge in [-0.2, -0.15) is 0 Å². The molecule has 0 atom stereocenters.